The number of amides is 1. The second kappa shape index (κ2) is 5.62. The number of anilines is 1. The first-order chi connectivity index (χ1) is 11.2. The topological polar surface area (TPSA) is 88.5 Å². The largest absolute Gasteiger partial charge is 0.301 e. The first-order valence-corrected chi connectivity index (χ1v) is 8.36. The molecular weight excluding hydrogens is 312 g/mol. The lowest BCUT2D eigenvalue weighted by Crippen LogP contribution is -2.24. The number of nitrogens with one attached hydrogen (secondary N) is 2. The van der Waals surface area contributed by atoms with Crippen LogP contribution in [0.3, 0.4) is 0 Å². The molecule has 0 unspecified atom stereocenters. The van der Waals surface area contributed by atoms with Crippen molar-refractivity contribution in [2.75, 3.05) is 5.32 Å². The minimum atomic E-state index is -0.150. The van der Waals surface area contributed by atoms with Crippen molar-refractivity contribution in [3.05, 3.63) is 35.2 Å². The van der Waals surface area contributed by atoms with Crippen LogP contribution in [-0.4, -0.2) is 30.9 Å². The van der Waals surface area contributed by atoms with Crippen LogP contribution in [0.15, 0.2) is 24.0 Å². The number of aryl methyl sites for hydroxylation is 2. The van der Waals surface area contributed by atoms with E-state index in [0.29, 0.717) is 5.13 Å². The van der Waals surface area contributed by atoms with Crippen molar-refractivity contribution in [3.63, 3.8) is 0 Å². The number of rotatable bonds is 3. The van der Waals surface area contributed by atoms with Gasteiger partial charge in [-0.3, -0.25) is 14.6 Å². The summed E-state index contributed by atoms with van der Waals surface area (Å²) >= 11 is 1.43. The van der Waals surface area contributed by atoms with Gasteiger partial charge in [0.05, 0.1) is 24.0 Å². The van der Waals surface area contributed by atoms with Gasteiger partial charge in [-0.05, 0) is 19.3 Å². The third-order valence-corrected chi connectivity index (χ3v) is 4.86. The lowest BCUT2D eigenvalue weighted by Gasteiger charge is -2.20. The Morgan fingerprint density at radius 2 is 2.39 bits per heavy atom. The van der Waals surface area contributed by atoms with Crippen molar-refractivity contribution < 1.29 is 4.79 Å². The molecule has 3 aromatic rings. The van der Waals surface area contributed by atoms with Crippen LogP contribution in [0.5, 0.6) is 0 Å². The molecule has 1 amide bonds. The third-order valence-electron chi connectivity index (χ3n) is 4.10. The van der Waals surface area contributed by atoms with Crippen LogP contribution in [0.1, 0.15) is 30.0 Å². The fourth-order valence-corrected chi connectivity index (χ4v) is 3.67. The Labute approximate surface area is 136 Å². The SMILES string of the molecule is Cn1cc(-c2csc(NC(=O)[C@@H]3CCCc4[nH]ncc43)n2)cn1. The molecule has 2 N–H and O–H groups in total. The summed E-state index contributed by atoms with van der Waals surface area (Å²) in [6.07, 6.45) is 8.23. The van der Waals surface area contributed by atoms with Crippen molar-refractivity contribution in [3.8, 4) is 11.3 Å². The minimum Gasteiger partial charge on any atom is -0.301 e. The lowest BCUT2D eigenvalue weighted by atomic mass is 9.86. The van der Waals surface area contributed by atoms with E-state index in [2.05, 4.69) is 25.6 Å². The van der Waals surface area contributed by atoms with Gasteiger partial charge in [-0.25, -0.2) is 4.98 Å². The molecule has 3 heterocycles. The van der Waals surface area contributed by atoms with E-state index in [1.165, 1.54) is 11.3 Å². The maximum absolute atomic E-state index is 12.6. The maximum atomic E-state index is 12.6. The van der Waals surface area contributed by atoms with Crippen LogP contribution in [0.25, 0.3) is 11.3 Å². The molecule has 0 aromatic carbocycles. The van der Waals surface area contributed by atoms with Crippen LogP contribution < -0.4 is 5.32 Å². The second-order valence-corrected chi connectivity index (χ2v) is 6.54. The van der Waals surface area contributed by atoms with Gasteiger partial charge in [0, 0.05) is 35.4 Å². The van der Waals surface area contributed by atoms with E-state index in [1.807, 2.05) is 18.6 Å². The van der Waals surface area contributed by atoms with Gasteiger partial charge < -0.3 is 5.32 Å². The summed E-state index contributed by atoms with van der Waals surface area (Å²) in [6.45, 7) is 0. The number of hydrogen-bond acceptors (Lipinski definition) is 5. The molecule has 3 aromatic heterocycles. The first-order valence-electron chi connectivity index (χ1n) is 7.48. The average molecular weight is 328 g/mol. The van der Waals surface area contributed by atoms with E-state index >= 15 is 0 Å². The van der Waals surface area contributed by atoms with E-state index < -0.39 is 0 Å². The van der Waals surface area contributed by atoms with Crippen molar-refractivity contribution in [2.45, 2.75) is 25.2 Å². The molecule has 1 aliphatic carbocycles. The van der Waals surface area contributed by atoms with Gasteiger partial charge in [-0.2, -0.15) is 10.2 Å². The molecule has 1 atom stereocenters. The summed E-state index contributed by atoms with van der Waals surface area (Å²) in [5.74, 6) is -0.164. The Kier molecular flexibility index (Phi) is 3.45. The Balaban J connectivity index is 1.51. The zero-order valence-electron chi connectivity index (χ0n) is 12.6. The molecule has 0 radical (unpaired) electrons. The Hall–Kier alpha value is -2.48. The van der Waals surface area contributed by atoms with Gasteiger partial charge in [-0.1, -0.05) is 0 Å². The molecule has 0 saturated heterocycles. The lowest BCUT2D eigenvalue weighted by molar-refractivity contribution is -0.117. The average Bonchev–Trinajstić information content (AvgIpc) is 3.26. The predicted molar refractivity (Wildman–Crippen MR) is 87.2 cm³/mol. The van der Waals surface area contributed by atoms with Crippen LogP contribution in [0.2, 0.25) is 0 Å². The van der Waals surface area contributed by atoms with Crippen molar-refractivity contribution >= 4 is 22.4 Å². The van der Waals surface area contributed by atoms with Crippen LogP contribution in [0, 0.1) is 0 Å². The van der Waals surface area contributed by atoms with E-state index in [-0.39, 0.29) is 11.8 Å². The van der Waals surface area contributed by atoms with Crippen molar-refractivity contribution in [2.24, 2.45) is 7.05 Å². The third kappa shape index (κ3) is 2.65. The molecule has 4 rings (SSSR count). The highest BCUT2D eigenvalue weighted by Gasteiger charge is 2.28. The van der Waals surface area contributed by atoms with Crippen LogP contribution in [0.4, 0.5) is 5.13 Å². The summed E-state index contributed by atoms with van der Waals surface area (Å²) in [7, 11) is 1.87. The normalized spacial score (nSPS) is 17.0. The van der Waals surface area contributed by atoms with Gasteiger partial charge in [0.2, 0.25) is 5.91 Å². The van der Waals surface area contributed by atoms with E-state index in [1.54, 1.807) is 17.1 Å². The molecule has 0 saturated carbocycles. The van der Waals surface area contributed by atoms with Gasteiger partial charge in [-0.15, -0.1) is 11.3 Å². The number of carbonyl (C=O) groups is 1. The van der Waals surface area contributed by atoms with E-state index in [0.717, 1.165) is 41.8 Å². The molecular formula is C15H16N6OS. The summed E-state index contributed by atoms with van der Waals surface area (Å²) in [5, 5.41) is 16.7. The standard InChI is InChI=1S/C15H16N6OS/c1-21-7-9(5-17-21)13-8-23-15(18-13)19-14(22)10-3-2-4-12-11(10)6-16-20-12/h5-8,10H,2-4H2,1H3,(H,16,20)(H,18,19,22)/t10-/m1/s1. The molecule has 0 spiro atoms. The number of aromatic amines is 1. The van der Waals surface area contributed by atoms with Gasteiger partial charge in [0.15, 0.2) is 5.13 Å². The number of H-pyrrole nitrogens is 1. The molecule has 0 bridgehead atoms. The highest BCUT2D eigenvalue weighted by atomic mass is 32.1. The van der Waals surface area contributed by atoms with E-state index in [4.69, 9.17) is 0 Å². The van der Waals surface area contributed by atoms with Crippen molar-refractivity contribution in [1.29, 1.82) is 0 Å². The fraction of sp³-hybridized carbons (Fsp3) is 0.333. The maximum Gasteiger partial charge on any atom is 0.233 e. The fourth-order valence-electron chi connectivity index (χ4n) is 2.94. The zero-order chi connectivity index (χ0) is 15.8. The molecule has 23 heavy (non-hydrogen) atoms. The quantitative estimate of drug-likeness (QED) is 0.772. The highest BCUT2D eigenvalue weighted by Crippen LogP contribution is 2.32. The monoisotopic (exact) mass is 328 g/mol. The van der Waals surface area contributed by atoms with Crippen molar-refractivity contribution in [1.82, 2.24) is 25.0 Å². The number of thiazole rings is 1. The van der Waals surface area contributed by atoms with Crippen LogP contribution in [-0.2, 0) is 18.3 Å². The first kappa shape index (κ1) is 14.1. The number of aromatic nitrogens is 5. The Bertz CT molecular complexity index is 848. The van der Waals surface area contributed by atoms with Gasteiger partial charge in [0.25, 0.3) is 0 Å². The van der Waals surface area contributed by atoms with Gasteiger partial charge in [0.1, 0.15) is 0 Å². The number of fused-ring (bicyclic) bond motifs is 1. The molecule has 1 aliphatic rings. The summed E-state index contributed by atoms with van der Waals surface area (Å²) in [5.41, 5.74) is 3.86. The molecule has 118 valence electrons. The molecule has 7 nitrogen and oxygen atoms in total. The summed E-state index contributed by atoms with van der Waals surface area (Å²) in [4.78, 5) is 17.1. The number of carbonyl (C=O) groups excluding carboxylic acids is 1. The molecule has 0 fully saturated rings. The minimum absolute atomic E-state index is 0.0144. The van der Waals surface area contributed by atoms with E-state index in [9.17, 15) is 4.79 Å². The van der Waals surface area contributed by atoms with Gasteiger partial charge >= 0.3 is 0 Å². The molecule has 0 aliphatic heterocycles. The Morgan fingerprint density at radius 1 is 1.48 bits per heavy atom. The zero-order valence-corrected chi connectivity index (χ0v) is 13.4. The summed E-state index contributed by atoms with van der Waals surface area (Å²) in [6, 6.07) is 0. The predicted octanol–water partition coefficient (Wildman–Crippen LogP) is 2.33. The van der Waals surface area contributed by atoms with Crippen LogP contribution >= 0.6 is 11.3 Å². The number of hydrogen-bond donors (Lipinski definition) is 2. The summed E-state index contributed by atoms with van der Waals surface area (Å²) < 4.78 is 1.73. The number of nitrogens with zero attached hydrogens (tertiary/aromatic N) is 4. The molecule has 8 heteroatoms. The Morgan fingerprint density at radius 3 is 3.22 bits per heavy atom. The smallest absolute Gasteiger partial charge is 0.233 e. The second-order valence-electron chi connectivity index (χ2n) is 5.68. The highest BCUT2D eigenvalue weighted by molar-refractivity contribution is 7.14.